The molecule has 3 aromatic rings. The van der Waals surface area contributed by atoms with Gasteiger partial charge in [0.1, 0.15) is 5.75 Å². The summed E-state index contributed by atoms with van der Waals surface area (Å²) >= 11 is 1.03. The molecule has 0 unspecified atom stereocenters. The zero-order chi connectivity index (χ0) is 17.2. The molecule has 3 rings (SSSR count). The summed E-state index contributed by atoms with van der Waals surface area (Å²) < 4.78 is 44.8. The number of hydrogen-bond acceptors (Lipinski definition) is 5. The molecule has 0 aliphatic heterocycles. The number of halogens is 3. The van der Waals surface area contributed by atoms with Gasteiger partial charge in [-0.25, -0.2) is 4.98 Å². The number of pyridine rings is 1. The lowest BCUT2D eigenvalue weighted by Gasteiger charge is -2.13. The molecular formula is C16H9F3N2O2S. The average molecular weight is 350 g/mol. The van der Waals surface area contributed by atoms with Crippen molar-refractivity contribution >= 4 is 17.6 Å². The molecule has 0 fully saturated rings. The first-order valence-corrected chi connectivity index (χ1v) is 7.49. The largest absolute Gasteiger partial charge is 0.429 e. The van der Waals surface area contributed by atoms with E-state index < -0.39 is 11.7 Å². The lowest BCUT2D eigenvalue weighted by Crippen LogP contribution is -2.06. The fourth-order valence-corrected chi connectivity index (χ4v) is 2.67. The van der Waals surface area contributed by atoms with E-state index in [1.165, 1.54) is 42.9 Å². The second-order valence-electron chi connectivity index (χ2n) is 4.70. The number of carbonyl (C=O) groups excluding carboxylic acids is 1. The van der Waals surface area contributed by atoms with Gasteiger partial charge in [0.25, 0.3) is 5.19 Å². The highest BCUT2D eigenvalue weighted by Crippen LogP contribution is 2.37. The van der Waals surface area contributed by atoms with Crippen molar-refractivity contribution < 1.29 is 22.7 Å². The Kier molecular flexibility index (Phi) is 4.30. The van der Waals surface area contributed by atoms with E-state index in [9.17, 15) is 18.0 Å². The van der Waals surface area contributed by atoms with Gasteiger partial charge in [0.2, 0.25) is 0 Å². The number of aldehydes is 1. The second-order valence-corrected chi connectivity index (χ2v) is 5.73. The maximum atomic E-state index is 13.1. The lowest BCUT2D eigenvalue weighted by molar-refractivity contribution is -0.137. The Labute approximate surface area is 138 Å². The van der Waals surface area contributed by atoms with Crippen LogP contribution in [0.1, 0.15) is 15.2 Å². The Hall–Kier alpha value is -2.74. The maximum absolute atomic E-state index is 13.1. The van der Waals surface area contributed by atoms with Crippen molar-refractivity contribution in [3.05, 3.63) is 59.4 Å². The summed E-state index contributed by atoms with van der Waals surface area (Å²) in [6, 6.07) is 6.68. The van der Waals surface area contributed by atoms with Gasteiger partial charge in [-0.2, -0.15) is 13.2 Å². The minimum atomic E-state index is -4.47. The average Bonchev–Trinajstić information content (AvgIpc) is 3.02. The Morgan fingerprint density at radius 3 is 2.62 bits per heavy atom. The van der Waals surface area contributed by atoms with Crippen LogP contribution < -0.4 is 4.74 Å². The monoisotopic (exact) mass is 350 g/mol. The molecule has 1 aromatic carbocycles. The van der Waals surface area contributed by atoms with Crippen molar-refractivity contribution in [2.45, 2.75) is 6.18 Å². The van der Waals surface area contributed by atoms with Crippen molar-refractivity contribution in [2.24, 2.45) is 0 Å². The first kappa shape index (κ1) is 16.1. The SMILES string of the molecule is O=Cc1cnc(Oc2cncc(-c3ccccc3C(F)(F)F)c2)s1. The van der Waals surface area contributed by atoms with Crippen LogP contribution >= 0.6 is 11.3 Å². The molecule has 0 aliphatic rings. The zero-order valence-electron chi connectivity index (χ0n) is 11.9. The van der Waals surface area contributed by atoms with Gasteiger partial charge in [0.15, 0.2) is 6.29 Å². The summed E-state index contributed by atoms with van der Waals surface area (Å²) in [5.41, 5.74) is -0.468. The van der Waals surface area contributed by atoms with Gasteiger partial charge >= 0.3 is 6.18 Å². The third kappa shape index (κ3) is 3.43. The van der Waals surface area contributed by atoms with Crippen LogP contribution in [0.4, 0.5) is 13.2 Å². The van der Waals surface area contributed by atoms with Gasteiger partial charge in [0, 0.05) is 11.8 Å². The summed E-state index contributed by atoms with van der Waals surface area (Å²) in [6.07, 6.45) is 0.210. The number of ether oxygens (including phenoxy) is 1. The third-order valence-electron chi connectivity index (χ3n) is 3.08. The van der Waals surface area contributed by atoms with E-state index >= 15 is 0 Å². The first-order valence-electron chi connectivity index (χ1n) is 6.68. The second kappa shape index (κ2) is 6.40. The van der Waals surface area contributed by atoms with Gasteiger partial charge < -0.3 is 4.74 Å². The van der Waals surface area contributed by atoms with Crippen LogP contribution in [0.5, 0.6) is 10.9 Å². The number of nitrogens with zero attached hydrogens (tertiary/aromatic N) is 2. The van der Waals surface area contributed by atoms with Crippen molar-refractivity contribution in [2.75, 3.05) is 0 Å². The molecule has 24 heavy (non-hydrogen) atoms. The Morgan fingerprint density at radius 2 is 1.92 bits per heavy atom. The summed E-state index contributed by atoms with van der Waals surface area (Å²) in [4.78, 5) is 18.8. The van der Waals surface area contributed by atoms with Crippen LogP contribution in [0.25, 0.3) is 11.1 Å². The fourth-order valence-electron chi connectivity index (χ4n) is 2.08. The van der Waals surface area contributed by atoms with E-state index in [0.29, 0.717) is 11.2 Å². The molecule has 0 saturated heterocycles. The number of thiazole rings is 1. The minimum Gasteiger partial charge on any atom is -0.429 e. The van der Waals surface area contributed by atoms with Gasteiger partial charge in [-0.1, -0.05) is 29.5 Å². The number of carbonyl (C=O) groups is 1. The minimum absolute atomic E-state index is 0.00988. The first-order chi connectivity index (χ1) is 11.5. The molecule has 2 aromatic heterocycles. The molecule has 4 nitrogen and oxygen atoms in total. The lowest BCUT2D eigenvalue weighted by atomic mass is 10.0. The highest BCUT2D eigenvalue weighted by molar-refractivity contribution is 7.15. The van der Waals surface area contributed by atoms with E-state index in [-0.39, 0.29) is 22.1 Å². The van der Waals surface area contributed by atoms with E-state index in [4.69, 9.17) is 4.74 Å². The van der Waals surface area contributed by atoms with Crippen LogP contribution in [0, 0.1) is 0 Å². The molecule has 0 atom stereocenters. The van der Waals surface area contributed by atoms with E-state index in [2.05, 4.69) is 9.97 Å². The molecule has 0 spiro atoms. The predicted molar refractivity (Wildman–Crippen MR) is 82.3 cm³/mol. The summed E-state index contributed by atoms with van der Waals surface area (Å²) in [6.45, 7) is 0. The molecule has 0 saturated carbocycles. The van der Waals surface area contributed by atoms with E-state index in [1.54, 1.807) is 0 Å². The molecule has 0 radical (unpaired) electrons. The van der Waals surface area contributed by atoms with Gasteiger partial charge in [0.05, 0.1) is 22.8 Å². The number of benzene rings is 1. The van der Waals surface area contributed by atoms with Crippen molar-refractivity contribution in [1.82, 2.24) is 9.97 Å². The normalized spacial score (nSPS) is 11.3. The van der Waals surface area contributed by atoms with Gasteiger partial charge in [-0.05, 0) is 17.7 Å². The van der Waals surface area contributed by atoms with E-state index in [0.717, 1.165) is 17.4 Å². The van der Waals surface area contributed by atoms with Gasteiger partial charge in [-0.3, -0.25) is 9.78 Å². The highest BCUT2D eigenvalue weighted by atomic mass is 32.1. The van der Waals surface area contributed by atoms with Gasteiger partial charge in [-0.15, -0.1) is 0 Å². The van der Waals surface area contributed by atoms with Crippen molar-refractivity contribution in [1.29, 1.82) is 0 Å². The molecule has 2 heterocycles. The highest BCUT2D eigenvalue weighted by Gasteiger charge is 2.33. The zero-order valence-corrected chi connectivity index (χ0v) is 12.8. The van der Waals surface area contributed by atoms with Crippen LogP contribution in [0.2, 0.25) is 0 Å². The molecule has 0 bridgehead atoms. The van der Waals surface area contributed by atoms with Crippen molar-refractivity contribution in [3.8, 4) is 22.1 Å². The molecule has 8 heteroatoms. The molecule has 0 N–H and O–H groups in total. The number of rotatable bonds is 4. The summed E-state index contributed by atoms with van der Waals surface area (Å²) in [7, 11) is 0. The number of aromatic nitrogens is 2. The Bertz CT molecular complexity index is 878. The third-order valence-corrected chi connectivity index (χ3v) is 3.88. The summed E-state index contributed by atoms with van der Waals surface area (Å²) in [5.74, 6) is 0.233. The fraction of sp³-hybridized carbons (Fsp3) is 0.0625. The quantitative estimate of drug-likeness (QED) is 0.633. The van der Waals surface area contributed by atoms with Crippen LogP contribution in [0.15, 0.2) is 48.9 Å². The summed E-state index contributed by atoms with van der Waals surface area (Å²) in [5, 5.41) is 0.208. The molecule has 122 valence electrons. The molecular weight excluding hydrogens is 341 g/mol. The number of alkyl halides is 3. The molecule has 0 amide bonds. The maximum Gasteiger partial charge on any atom is 0.417 e. The molecule has 0 aliphatic carbocycles. The van der Waals surface area contributed by atoms with Crippen molar-refractivity contribution in [3.63, 3.8) is 0 Å². The standard InChI is InChI=1S/C16H9F3N2O2S/c17-16(18,19)14-4-2-1-3-13(14)10-5-11(7-20-6-10)23-15-21-8-12(9-22)24-15/h1-9H. The van der Waals surface area contributed by atoms with Crippen LogP contribution in [-0.4, -0.2) is 16.3 Å². The van der Waals surface area contributed by atoms with Crippen LogP contribution in [0.3, 0.4) is 0 Å². The number of hydrogen-bond donors (Lipinski definition) is 0. The topological polar surface area (TPSA) is 52.1 Å². The Morgan fingerprint density at radius 1 is 1.12 bits per heavy atom. The van der Waals surface area contributed by atoms with E-state index in [1.807, 2.05) is 0 Å². The smallest absolute Gasteiger partial charge is 0.417 e. The Balaban J connectivity index is 1.95. The van der Waals surface area contributed by atoms with Crippen LogP contribution in [-0.2, 0) is 6.18 Å². The predicted octanol–water partition coefficient (Wildman–Crippen LogP) is 4.83.